The molecule has 0 amide bonds. The van der Waals surface area contributed by atoms with Gasteiger partial charge >= 0.3 is 0 Å². The van der Waals surface area contributed by atoms with E-state index in [-0.39, 0.29) is 5.54 Å². The van der Waals surface area contributed by atoms with Crippen LogP contribution in [0, 0.1) is 11.8 Å². The summed E-state index contributed by atoms with van der Waals surface area (Å²) in [6, 6.07) is 0. The number of ether oxygens (including phenoxy) is 1. The number of hydrogen-bond donors (Lipinski definition) is 1. The fraction of sp³-hybridized carbons (Fsp3) is 1.00. The maximum atomic E-state index is 6.32. The zero-order chi connectivity index (χ0) is 14.6. The van der Waals surface area contributed by atoms with Crippen LogP contribution in [0.25, 0.3) is 0 Å². The first-order chi connectivity index (χ1) is 9.64. The summed E-state index contributed by atoms with van der Waals surface area (Å²) >= 11 is 0. The molecule has 1 saturated carbocycles. The molecule has 2 unspecified atom stereocenters. The molecule has 2 rings (SSSR count). The fourth-order valence-electron chi connectivity index (χ4n) is 4.68. The third-order valence-corrected chi connectivity index (χ3v) is 5.70. The molecular weight excluding hydrogens is 248 g/mol. The van der Waals surface area contributed by atoms with Gasteiger partial charge in [0.25, 0.3) is 0 Å². The predicted molar refractivity (Wildman–Crippen MR) is 84.8 cm³/mol. The van der Waals surface area contributed by atoms with E-state index in [0.717, 1.165) is 25.0 Å². The Kier molecular flexibility index (Phi) is 5.88. The highest BCUT2D eigenvalue weighted by Crippen LogP contribution is 2.43. The van der Waals surface area contributed by atoms with E-state index in [2.05, 4.69) is 25.7 Å². The van der Waals surface area contributed by atoms with Gasteiger partial charge in [-0.1, -0.05) is 26.7 Å². The number of piperidine rings is 1. The van der Waals surface area contributed by atoms with Gasteiger partial charge in [0.1, 0.15) is 0 Å². The van der Waals surface area contributed by atoms with Crippen molar-refractivity contribution in [3.8, 4) is 0 Å². The van der Waals surface area contributed by atoms with Crippen molar-refractivity contribution in [3.05, 3.63) is 0 Å². The van der Waals surface area contributed by atoms with Crippen LogP contribution in [0.4, 0.5) is 0 Å². The van der Waals surface area contributed by atoms with E-state index in [1.54, 1.807) is 0 Å². The Morgan fingerprint density at radius 3 is 2.45 bits per heavy atom. The maximum Gasteiger partial charge on any atom is 0.0599 e. The summed E-state index contributed by atoms with van der Waals surface area (Å²) in [7, 11) is 0. The number of nitrogens with two attached hydrogens (primary N) is 1. The second-order valence-electron chi connectivity index (χ2n) is 7.05. The van der Waals surface area contributed by atoms with E-state index >= 15 is 0 Å². The Morgan fingerprint density at radius 2 is 1.90 bits per heavy atom. The Balaban J connectivity index is 2.06. The van der Waals surface area contributed by atoms with E-state index in [1.165, 1.54) is 51.6 Å². The van der Waals surface area contributed by atoms with Gasteiger partial charge in [-0.3, -0.25) is 4.90 Å². The average Bonchev–Trinajstić information content (AvgIpc) is 2.48. The first-order valence-electron chi connectivity index (χ1n) is 8.70. The summed E-state index contributed by atoms with van der Waals surface area (Å²) < 4.78 is 5.80. The molecule has 3 heteroatoms. The molecule has 0 aromatic rings. The lowest BCUT2D eigenvalue weighted by molar-refractivity contribution is -0.0600. The molecular formula is C17H34N2O. The van der Waals surface area contributed by atoms with Gasteiger partial charge in [-0.25, -0.2) is 0 Å². The molecule has 0 spiro atoms. The van der Waals surface area contributed by atoms with Gasteiger partial charge < -0.3 is 10.5 Å². The minimum absolute atomic E-state index is 0.267. The van der Waals surface area contributed by atoms with Crippen LogP contribution >= 0.6 is 0 Å². The number of hydrogen-bond acceptors (Lipinski definition) is 3. The first kappa shape index (κ1) is 16.3. The summed E-state index contributed by atoms with van der Waals surface area (Å²) in [5.74, 6) is 1.51. The van der Waals surface area contributed by atoms with Crippen molar-refractivity contribution in [3.63, 3.8) is 0 Å². The van der Waals surface area contributed by atoms with Crippen molar-refractivity contribution in [1.29, 1.82) is 0 Å². The summed E-state index contributed by atoms with van der Waals surface area (Å²) in [6.45, 7) is 10.9. The molecule has 2 aliphatic rings. The Morgan fingerprint density at radius 1 is 1.20 bits per heavy atom. The van der Waals surface area contributed by atoms with Crippen LogP contribution < -0.4 is 5.73 Å². The molecule has 0 radical (unpaired) electrons. The van der Waals surface area contributed by atoms with Crippen molar-refractivity contribution in [2.24, 2.45) is 17.6 Å². The summed E-state index contributed by atoms with van der Waals surface area (Å²) in [4.78, 5) is 2.73. The fourth-order valence-corrected chi connectivity index (χ4v) is 4.68. The molecule has 0 aromatic carbocycles. The Labute approximate surface area is 125 Å². The topological polar surface area (TPSA) is 38.5 Å². The molecule has 2 fully saturated rings. The summed E-state index contributed by atoms with van der Waals surface area (Å²) in [5, 5.41) is 0. The van der Waals surface area contributed by atoms with Crippen molar-refractivity contribution in [1.82, 2.24) is 4.90 Å². The van der Waals surface area contributed by atoms with Crippen LogP contribution in [-0.2, 0) is 4.74 Å². The molecule has 2 N–H and O–H groups in total. The van der Waals surface area contributed by atoms with Crippen LogP contribution in [0.2, 0.25) is 0 Å². The van der Waals surface area contributed by atoms with Crippen LogP contribution in [0.15, 0.2) is 0 Å². The number of nitrogens with zero attached hydrogens (tertiary/aromatic N) is 1. The molecule has 1 aliphatic heterocycles. The molecule has 0 bridgehead atoms. The lowest BCUT2D eigenvalue weighted by atomic mass is 9.66. The quantitative estimate of drug-likeness (QED) is 0.842. The van der Waals surface area contributed by atoms with Gasteiger partial charge in [-0.15, -0.1) is 0 Å². The second kappa shape index (κ2) is 7.24. The molecule has 1 saturated heterocycles. The lowest BCUT2D eigenvalue weighted by Gasteiger charge is -2.54. The van der Waals surface area contributed by atoms with Gasteiger partial charge in [0, 0.05) is 31.8 Å². The molecule has 20 heavy (non-hydrogen) atoms. The van der Waals surface area contributed by atoms with E-state index in [1.807, 2.05) is 0 Å². The predicted octanol–water partition coefficient (Wildman–Crippen LogP) is 3.03. The number of likely N-dealkylation sites (tertiary alicyclic amines) is 1. The zero-order valence-electron chi connectivity index (χ0n) is 13.7. The zero-order valence-corrected chi connectivity index (χ0v) is 13.7. The third kappa shape index (κ3) is 3.20. The van der Waals surface area contributed by atoms with Gasteiger partial charge in [-0.05, 0) is 44.4 Å². The highest BCUT2D eigenvalue weighted by atomic mass is 16.5. The maximum absolute atomic E-state index is 6.32. The van der Waals surface area contributed by atoms with Gasteiger partial charge in [0.2, 0.25) is 0 Å². The smallest absolute Gasteiger partial charge is 0.0599 e. The molecule has 1 aliphatic carbocycles. The van der Waals surface area contributed by atoms with Crippen molar-refractivity contribution >= 4 is 0 Å². The van der Waals surface area contributed by atoms with Crippen molar-refractivity contribution in [2.45, 2.75) is 70.9 Å². The SMILES string of the molecule is CCOC1CCN(C2(CN)CCCCC2C(C)C)CC1. The van der Waals surface area contributed by atoms with Gasteiger partial charge in [-0.2, -0.15) is 0 Å². The minimum atomic E-state index is 0.267. The molecule has 1 heterocycles. The molecule has 2 atom stereocenters. The first-order valence-corrected chi connectivity index (χ1v) is 8.70. The number of rotatable bonds is 5. The van der Waals surface area contributed by atoms with Crippen molar-refractivity contribution < 1.29 is 4.74 Å². The van der Waals surface area contributed by atoms with Gasteiger partial charge in [0.15, 0.2) is 0 Å². The van der Waals surface area contributed by atoms with Crippen LogP contribution in [0.5, 0.6) is 0 Å². The highest BCUT2D eigenvalue weighted by Gasteiger charge is 2.46. The lowest BCUT2D eigenvalue weighted by Crippen LogP contribution is -2.63. The monoisotopic (exact) mass is 282 g/mol. The standard InChI is InChI=1S/C17H34N2O/c1-4-20-15-8-11-19(12-9-15)17(13-18)10-6-5-7-16(17)14(2)3/h14-16H,4-13,18H2,1-3H3. The molecule has 118 valence electrons. The van der Waals surface area contributed by atoms with Crippen LogP contribution in [-0.4, -0.2) is 42.8 Å². The normalized spacial score (nSPS) is 33.8. The van der Waals surface area contributed by atoms with Crippen molar-refractivity contribution in [2.75, 3.05) is 26.2 Å². The largest absolute Gasteiger partial charge is 0.378 e. The second-order valence-corrected chi connectivity index (χ2v) is 7.05. The summed E-state index contributed by atoms with van der Waals surface area (Å²) in [5.41, 5.74) is 6.59. The average molecular weight is 282 g/mol. The molecule has 0 aromatic heterocycles. The van der Waals surface area contributed by atoms with E-state index < -0.39 is 0 Å². The van der Waals surface area contributed by atoms with Gasteiger partial charge in [0.05, 0.1) is 6.10 Å². The minimum Gasteiger partial charge on any atom is -0.378 e. The third-order valence-electron chi connectivity index (χ3n) is 5.70. The Hall–Kier alpha value is -0.120. The van der Waals surface area contributed by atoms with Crippen LogP contribution in [0.1, 0.15) is 59.3 Å². The molecule has 3 nitrogen and oxygen atoms in total. The highest BCUT2D eigenvalue weighted by molar-refractivity contribution is 5.02. The van der Waals surface area contributed by atoms with E-state index in [4.69, 9.17) is 10.5 Å². The van der Waals surface area contributed by atoms with E-state index in [9.17, 15) is 0 Å². The van der Waals surface area contributed by atoms with Crippen LogP contribution in [0.3, 0.4) is 0 Å². The van der Waals surface area contributed by atoms with E-state index in [0.29, 0.717) is 6.10 Å². The Bertz CT molecular complexity index is 287. The summed E-state index contributed by atoms with van der Waals surface area (Å²) in [6.07, 6.45) is 8.24.